The Kier molecular flexibility index (Phi) is 15.7. The number of hydrogen-bond donors (Lipinski definition) is 1. The van der Waals surface area contributed by atoms with Gasteiger partial charge in [0.05, 0.1) is 0 Å². The molecule has 0 aliphatic heterocycles. The van der Waals surface area contributed by atoms with Gasteiger partial charge in [-0.15, -0.1) is 0 Å². The predicted molar refractivity (Wildman–Crippen MR) is 118 cm³/mol. The van der Waals surface area contributed by atoms with Crippen LogP contribution < -0.4 is 5.73 Å². The van der Waals surface area contributed by atoms with Crippen molar-refractivity contribution in [1.29, 1.82) is 0 Å². The van der Waals surface area contributed by atoms with Crippen LogP contribution in [0.3, 0.4) is 0 Å². The number of benzene rings is 1. The van der Waals surface area contributed by atoms with Gasteiger partial charge in [0.1, 0.15) is 0 Å². The summed E-state index contributed by atoms with van der Waals surface area (Å²) in [6, 6.07) is 11.0. The first-order valence-corrected chi connectivity index (χ1v) is 11.6. The lowest BCUT2D eigenvalue weighted by atomic mass is 10.00. The van der Waals surface area contributed by atoms with Gasteiger partial charge in [0.2, 0.25) is 0 Å². The molecular formula is C25H45N. The summed E-state index contributed by atoms with van der Waals surface area (Å²) in [5.41, 5.74) is 7.64. The highest BCUT2D eigenvalue weighted by Gasteiger charge is 2.03. The first-order valence-electron chi connectivity index (χ1n) is 11.6. The lowest BCUT2D eigenvalue weighted by molar-refractivity contribution is 0.513. The Morgan fingerprint density at radius 3 is 1.50 bits per heavy atom. The summed E-state index contributed by atoms with van der Waals surface area (Å²) >= 11 is 0. The fourth-order valence-corrected chi connectivity index (χ4v) is 3.80. The van der Waals surface area contributed by atoms with E-state index in [0.717, 1.165) is 6.42 Å². The molecule has 1 aromatic rings. The Bertz CT molecular complexity index is 386. The molecule has 0 aliphatic carbocycles. The highest BCUT2D eigenvalue weighted by Crippen LogP contribution is 2.14. The zero-order valence-corrected chi connectivity index (χ0v) is 17.6. The standard InChI is InChI=1S/C25H45N/c1-2-3-4-5-6-7-8-9-10-11-12-13-14-15-19-22-25(26)23-24-20-17-16-18-21-24/h16-18,20-21,25H,2-15,19,22-23,26H2,1H3. The third-order valence-electron chi connectivity index (χ3n) is 5.52. The molecule has 1 rings (SSSR count). The van der Waals surface area contributed by atoms with E-state index in [0.29, 0.717) is 6.04 Å². The fraction of sp³-hybridized carbons (Fsp3) is 0.760. The molecule has 0 spiro atoms. The second kappa shape index (κ2) is 17.6. The van der Waals surface area contributed by atoms with Gasteiger partial charge in [0.15, 0.2) is 0 Å². The van der Waals surface area contributed by atoms with Crippen molar-refractivity contribution in [2.24, 2.45) is 5.73 Å². The van der Waals surface area contributed by atoms with Crippen LogP contribution in [0.15, 0.2) is 30.3 Å². The molecule has 0 heterocycles. The lowest BCUT2D eigenvalue weighted by Crippen LogP contribution is -2.22. The van der Waals surface area contributed by atoms with Gasteiger partial charge in [-0.05, 0) is 18.4 Å². The van der Waals surface area contributed by atoms with Gasteiger partial charge in [-0.1, -0.05) is 134 Å². The minimum absolute atomic E-state index is 0.333. The maximum Gasteiger partial charge on any atom is 0.00793 e. The number of nitrogens with two attached hydrogens (primary N) is 1. The molecule has 1 atom stereocenters. The molecule has 0 aromatic heterocycles. The molecule has 0 fully saturated rings. The van der Waals surface area contributed by atoms with Crippen molar-refractivity contribution in [3.63, 3.8) is 0 Å². The monoisotopic (exact) mass is 359 g/mol. The maximum atomic E-state index is 6.26. The van der Waals surface area contributed by atoms with E-state index < -0.39 is 0 Å². The molecule has 26 heavy (non-hydrogen) atoms. The van der Waals surface area contributed by atoms with Crippen molar-refractivity contribution < 1.29 is 0 Å². The first-order chi connectivity index (χ1) is 12.8. The molecule has 0 bridgehead atoms. The summed E-state index contributed by atoms with van der Waals surface area (Å²) in [6.07, 6.45) is 23.6. The summed E-state index contributed by atoms with van der Waals surface area (Å²) in [7, 11) is 0. The van der Waals surface area contributed by atoms with Crippen molar-refractivity contribution in [2.45, 2.75) is 122 Å². The van der Waals surface area contributed by atoms with Crippen LogP contribution in [0, 0.1) is 0 Å². The van der Waals surface area contributed by atoms with Gasteiger partial charge in [0.25, 0.3) is 0 Å². The number of hydrogen-bond acceptors (Lipinski definition) is 1. The van der Waals surface area contributed by atoms with Gasteiger partial charge in [-0.3, -0.25) is 0 Å². The predicted octanol–water partition coefficient (Wildman–Crippen LogP) is 7.82. The molecule has 150 valence electrons. The quantitative estimate of drug-likeness (QED) is 0.266. The lowest BCUT2D eigenvalue weighted by Gasteiger charge is -2.11. The minimum atomic E-state index is 0.333. The zero-order chi connectivity index (χ0) is 18.7. The van der Waals surface area contributed by atoms with Crippen LogP contribution in [0.5, 0.6) is 0 Å². The third kappa shape index (κ3) is 14.4. The smallest absolute Gasteiger partial charge is 0.00793 e. The van der Waals surface area contributed by atoms with Gasteiger partial charge in [-0.2, -0.15) is 0 Å². The molecule has 1 heteroatoms. The SMILES string of the molecule is CCCCCCCCCCCCCCCCCC(N)Cc1ccccc1. The summed E-state index contributed by atoms with van der Waals surface area (Å²) in [5.74, 6) is 0. The second-order valence-corrected chi connectivity index (χ2v) is 8.19. The van der Waals surface area contributed by atoms with Crippen molar-refractivity contribution in [3.8, 4) is 0 Å². The van der Waals surface area contributed by atoms with Crippen molar-refractivity contribution >= 4 is 0 Å². The average molecular weight is 360 g/mol. The van der Waals surface area contributed by atoms with Crippen LogP contribution in [0.2, 0.25) is 0 Å². The van der Waals surface area contributed by atoms with Crippen LogP contribution in [0.4, 0.5) is 0 Å². The van der Waals surface area contributed by atoms with Crippen LogP contribution >= 0.6 is 0 Å². The number of unbranched alkanes of at least 4 members (excludes halogenated alkanes) is 14. The molecule has 0 aliphatic rings. The molecule has 0 radical (unpaired) electrons. The summed E-state index contributed by atoms with van der Waals surface area (Å²) in [4.78, 5) is 0. The van der Waals surface area contributed by atoms with Gasteiger partial charge in [-0.25, -0.2) is 0 Å². The summed E-state index contributed by atoms with van der Waals surface area (Å²) < 4.78 is 0. The molecule has 0 saturated carbocycles. The maximum absolute atomic E-state index is 6.26. The minimum Gasteiger partial charge on any atom is -0.327 e. The Morgan fingerprint density at radius 2 is 1.04 bits per heavy atom. The van der Waals surface area contributed by atoms with E-state index in [2.05, 4.69) is 37.3 Å². The fourth-order valence-electron chi connectivity index (χ4n) is 3.80. The average Bonchev–Trinajstić information content (AvgIpc) is 2.65. The van der Waals surface area contributed by atoms with Crippen LogP contribution in [0.1, 0.15) is 115 Å². The van der Waals surface area contributed by atoms with E-state index in [1.807, 2.05) is 0 Å². The molecule has 1 unspecified atom stereocenters. The largest absolute Gasteiger partial charge is 0.327 e. The molecule has 1 nitrogen and oxygen atoms in total. The van der Waals surface area contributed by atoms with Gasteiger partial charge < -0.3 is 5.73 Å². The highest BCUT2D eigenvalue weighted by molar-refractivity contribution is 5.15. The molecule has 0 saturated heterocycles. The Hall–Kier alpha value is -0.820. The number of rotatable bonds is 18. The Balaban J connectivity index is 1.77. The first kappa shape index (κ1) is 23.2. The second-order valence-electron chi connectivity index (χ2n) is 8.19. The van der Waals surface area contributed by atoms with E-state index in [-0.39, 0.29) is 0 Å². The molecular weight excluding hydrogens is 314 g/mol. The summed E-state index contributed by atoms with van der Waals surface area (Å²) in [6.45, 7) is 2.29. The zero-order valence-electron chi connectivity index (χ0n) is 17.6. The topological polar surface area (TPSA) is 26.0 Å². The van der Waals surface area contributed by atoms with Crippen molar-refractivity contribution in [1.82, 2.24) is 0 Å². The van der Waals surface area contributed by atoms with Gasteiger partial charge >= 0.3 is 0 Å². The highest BCUT2D eigenvalue weighted by atomic mass is 14.6. The van der Waals surface area contributed by atoms with Crippen molar-refractivity contribution in [3.05, 3.63) is 35.9 Å². The normalized spacial score (nSPS) is 12.4. The molecule has 0 amide bonds. The van der Waals surface area contributed by atoms with E-state index in [1.165, 1.54) is 108 Å². The van der Waals surface area contributed by atoms with Crippen LogP contribution in [-0.4, -0.2) is 6.04 Å². The molecule has 1 aromatic carbocycles. The molecule has 2 N–H and O–H groups in total. The van der Waals surface area contributed by atoms with E-state index in [4.69, 9.17) is 5.73 Å². The van der Waals surface area contributed by atoms with Crippen LogP contribution in [-0.2, 0) is 6.42 Å². The van der Waals surface area contributed by atoms with Crippen LogP contribution in [0.25, 0.3) is 0 Å². The Labute approximate surface area is 164 Å². The van der Waals surface area contributed by atoms with E-state index >= 15 is 0 Å². The van der Waals surface area contributed by atoms with E-state index in [9.17, 15) is 0 Å². The van der Waals surface area contributed by atoms with Crippen molar-refractivity contribution in [2.75, 3.05) is 0 Å². The Morgan fingerprint density at radius 1 is 0.615 bits per heavy atom. The van der Waals surface area contributed by atoms with E-state index in [1.54, 1.807) is 0 Å². The summed E-state index contributed by atoms with van der Waals surface area (Å²) in [5, 5.41) is 0. The third-order valence-corrected chi connectivity index (χ3v) is 5.52. The van der Waals surface area contributed by atoms with Gasteiger partial charge in [0, 0.05) is 6.04 Å².